The van der Waals surface area contributed by atoms with Crippen LogP contribution in [0.5, 0.6) is 0 Å². The van der Waals surface area contributed by atoms with Crippen LogP contribution in [0.1, 0.15) is 42.9 Å². The number of nitrogens with zero attached hydrogens (tertiary/aromatic N) is 2. The van der Waals surface area contributed by atoms with E-state index in [1.165, 1.54) is 12.6 Å². The summed E-state index contributed by atoms with van der Waals surface area (Å²) in [6.45, 7) is 6.03. The third-order valence-corrected chi connectivity index (χ3v) is 5.37. The van der Waals surface area contributed by atoms with Gasteiger partial charge in [0.15, 0.2) is 12.1 Å². The highest BCUT2D eigenvalue weighted by atomic mass is 32.2. The summed E-state index contributed by atoms with van der Waals surface area (Å²) in [6.07, 6.45) is 5.19. The van der Waals surface area contributed by atoms with Crippen molar-refractivity contribution in [1.82, 2.24) is 15.2 Å². The Morgan fingerprint density at radius 1 is 1.42 bits per heavy atom. The van der Waals surface area contributed by atoms with Crippen molar-refractivity contribution in [3.63, 3.8) is 0 Å². The molecule has 2 heterocycles. The Bertz CT molecular complexity index is 656. The quantitative estimate of drug-likeness (QED) is 0.749. The molecule has 1 aromatic heterocycles. The molecule has 0 aliphatic carbocycles. The van der Waals surface area contributed by atoms with E-state index in [-0.39, 0.29) is 17.7 Å². The standard InChI is InChI=1S/C16H27N3O4S/c1-4-6-12-9-19(7-8-24(3,21)22)10-13(12)18-16(20)15-14(5-2)23-11-17-15/h11-13H,4-10H2,1-3H3,(H,18,20)/t12-,13-/m1/s1. The minimum atomic E-state index is -2.98. The van der Waals surface area contributed by atoms with Crippen molar-refractivity contribution < 1.29 is 17.6 Å². The molecule has 8 heteroatoms. The molecule has 0 saturated carbocycles. The number of likely N-dealkylation sites (tertiary alicyclic amines) is 1. The molecule has 1 N–H and O–H groups in total. The van der Waals surface area contributed by atoms with Gasteiger partial charge in [-0.15, -0.1) is 0 Å². The molecule has 1 aromatic rings. The van der Waals surface area contributed by atoms with Gasteiger partial charge in [0, 0.05) is 38.4 Å². The smallest absolute Gasteiger partial charge is 0.273 e. The highest BCUT2D eigenvalue weighted by Crippen LogP contribution is 2.22. The van der Waals surface area contributed by atoms with Crippen LogP contribution < -0.4 is 5.32 Å². The van der Waals surface area contributed by atoms with Crippen LogP contribution in [0.4, 0.5) is 0 Å². The Labute approximate surface area is 143 Å². The second-order valence-electron chi connectivity index (χ2n) is 6.50. The van der Waals surface area contributed by atoms with Gasteiger partial charge in [-0.2, -0.15) is 0 Å². The molecule has 2 rings (SSSR count). The molecule has 1 fully saturated rings. The van der Waals surface area contributed by atoms with Gasteiger partial charge < -0.3 is 9.73 Å². The first-order valence-corrected chi connectivity index (χ1v) is 10.5. The Morgan fingerprint density at radius 3 is 2.79 bits per heavy atom. The lowest BCUT2D eigenvalue weighted by Gasteiger charge is -2.18. The molecule has 24 heavy (non-hydrogen) atoms. The molecule has 0 spiro atoms. The van der Waals surface area contributed by atoms with E-state index >= 15 is 0 Å². The lowest BCUT2D eigenvalue weighted by molar-refractivity contribution is 0.0922. The van der Waals surface area contributed by atoms with Crippen molar-refractivity contribution in [3.8, 4) is 0 Å². The van der Waals surface area contributed by atoms with Gasteiger partial charge >= 0.3 is 0 Å². The average Bonchev–Trinajstić information content (AvgIpc) is 3.12. The highest BCUT2D eigenvalue weighted by molar-refractivity contribution is 7.90. The molecule has 7 nitrogen and oxygen atoms in total. The van der Waals surface area contributed by atoms with Crippen LogP contribution in [-0.4, -0.2) is 61.9 Å². The third kappa shape index (κ3) is 5.04. The maximum atomic E-state index is 12.5. The minimum Gasteiger partial charge on any atom is -0.448 e. The molecule has 0 unspecified atom stereocenters. The number of aromatic nitrogens is 1. The summed E-state index contributed by atoms with van der Waals surface area (Å²) in [5, 5.41) is 3.07. The summed E-state index contributed by atoms with van der Waals surface area (Å²) in [4.78, 5) is 18.6. The molecule has 1 amide bonds. The van der Waals surface area contributed by atoms with E-state index in [0.717, 1.165) is 19.4 Å². The van der Waals surface area contributed by atoms with Crippen LogP contribution in [0.2, 0.25) is 0 Å². The van der Waals surface area contributed by atoms with Crippen LogP contribution >= 0.6 is 0 Å². The second kappa shape index (κ2) is 8.11. The SMILES string of the molecule is CCC[C@@H]1CN(CCS(C)(=O)=O)C[C@H]1NC(=O)c1ncoc1CC. The first-order chi connectivity index (χ1) is 11.3. The van der Waals surface area contributed by atoms with Gasteiger partial charge in [-0.3, -0.25) is 9.69 Å². The van der Waals surface area contributed by atoms with E-state index < -0.39 is 9.84 Å². The minimum absolute atomic E-state index is 0.0124. The molecule has 1 aliphatic heterocycles. The Morgan fingerprint density at radius 2 is 2.17 bits per heavy atom. The Balaban J connectivity index is 2.00. The van der Waals surface area contributed by atoms with E-state index in [9.17, 15) is 13.2 Å². The van der Waals surface area contributed by atoms with Gasteiger partial charge in [0.05, 0.1) is 5.75 Å². The van der Waals surface area contributed by atoms with Crippen molar-refractivity contribution in [2.24, 2.45) is 5.92 Å². The molecule has 136 valence electrons. The number of carbonyl (C=O) groups is 1. The Kier molecular flexibility index (Phi) is 6.40. The van der Waals surface area contributed by atoms with Gasteiger partial charge in [-0.1, -0.05) is 20.3 Å². The summed E-state index contributed by atoms with van der Waals surface area (Å²) in [5.41, 5.74) is 0.349. The monoisotopic (exact) mass is 357 g/mol. The van der Waals surface area contributed by atoms with Crippen molar-refractivity contribution in [3.05, 3.63) is 17.8 Å². The van der Waals surface area contributed by atoms with E-state index in [1.54, 1.807) is 0 Å². The van der Waals surface area contributed by atoms with Gasteiger partial charge in [0.25, 0.3) is 5.91 Å². The fourth-order valence-corrected chi connectivity index (χ4v) is 3.80. The Hall–Kier alpha value is -1.41. The first-order valence-electron chi connectivity index (χ1n) is 8.47. The molecule has 0 radical (unpaired) electrons. The van der Waals surface area contributed by atoms with Gasteiger partial charge in [-0.05, 0) is 12.3 Å². The van der Waals surface area contributed by atoms with Crippen molar-refractivity contribution >= 4 is 15.7 Å². The summed E-state index contributed by atoms with van der Waals surface area (Å²) in [6, 6.07) is 0.0124. The van der Waals surface area contributed by atoms with E-state index in [0.29, 0.717) is 36.9 Å². The van der Waals surface area contributed by atoms with Crippen molar-refractivity contribution in [1.29, 1.82) is 0 Å². The fraction of sp³-hybridized carbons (Fsp3) is 0.750. The summed E-state index contributed by atoms with van der Waals surface area (Å²) in [7, 11) is -2.98. The van der Waals surface area contributed by atoms with Crippen LogP contribution in [0.25, 0.3) is 0 Å². The molecule has 0 aromatic carbocycles. The molecule has 0 bridgehead atoms. The number of aryl methyl sites for hydroxylation is 1. The van der Waals surface area contributed by atoms with Crippen LogP contribution in [0.3, 0.4) is 0 Å². The summed E-state index contributed by atoms with van der Waals surface area (Å²) < 4.78 is 28.0. The zero-order valence-corrected chi connectivity index (χ0v) is 15.4. The van der Waals surface area contributed by atoms with Crippen LogP contribution in [-0.2, 0) is 16.3 Å². The molecule has 1 saturated heterocycles. The summed E-state index contributed by atoms with van der Waals surface area (Å²) in [5.74, 6) is 0.856. The molecular formula is C16H27N3O4S. The number of amides is 1. The maximum Gasteiger partial charge on any atom is 0.273 e. The number of oxazole rings is 1. The molecular weight excluding hydrogens is 330 g/mol. The van der Waals surface area contributed by atoms with Crippen LogP contribution in [0, 0.1) is 5.92 Å². The predicted molar refractivity (Wildman–Crippen MR) is 91.7 cm³/mol. The van der Waals surface area contributed by atoms with E-state index in [4.69, 9.17) is 4.42 Å². The number of nitrogens with one attached hydrogen (secondary N) is 1. The third-order valence-electron chi connectivity index (χ3n) is 4.45. The lowest BCUT2D eigenvalue weighted by Crippen LogP contribution is -2.41. The highest BCUT2D eigenvalue weighted by Gasteiger charge is 2.34. The molecule has 2 atom stereocenters. The topological polar surface area (TPSA) is 92.5 Å². The van der Waals surface area contributed by atoms with Crippen molar-refractivity contribution in [2.45, 2.75) is 39.2 Å². The van der Waals surface area contributed by atoms with Crippen molar-refractivity contribution in [2.75, 3.05) is 31.6 Å². The van der Waals surface area contributed by atoms with E-state index in [1.807, 2.05) is 6.92 Å². The number of rotatable bonds is 8. The van der Waals surface area contributed by atoms with Gasteiger partial charge in [0.1, 0.15) is 15.6 Å². The average molecular weight is 357 g/mol. The number of hydrogen-bond donors (Lipinski definition) is 1. The first kappa shape index (κ1) is 18.9. The van der Waals surface area contributed by atoms with Crippen LogP contribution in [0.15, 0.2) is 10.8 Å². The molecule has 1 aliphatic rings. The summed E-state index contributed by atoms with van der Waals surface area (Å²) >= 11 is 0. The lowest BCUT2D eigenvalue weighted by atomic mass is 9.98. The fourth-order valence-electron chi connectivity index (χ4n) is 3.21. The maximum absolute atomic E-state index is 12.5. The zero-order valence-electron chi connectivity index (χ0n) is 14.6. The predicted octanol–water partition coefficient (Wildman–Crippen LogP) is 1.11. The largest absolute Gasteiger partial charge is 0.448 e. The number of sulfone groups is 1. The normalized spacial score (nSPS) is 22.0. The number of carbonyl (C=O) groups excluding carboxylic acids is 1. The van der Waals surface area contributed by atoms with Gasteiger partial charge in [0.2, 0.25) is 0 Å². The number of hydrogen-bond acceptors (Lipinski definition) is 6. The second-order valence-corrected chi connectivity index (χ2v) is 8.76. The van der Waals surface area contributed by atoms with Gasteiger partial charge in [-0.25, -0.2) is 13.4 Å². The van der Waals surface area contributed by atoms with E-state index in [2.05, 4.69) is 22.1 Å². The zero-order chi connectivity index (χ0) is 17.7.